The van der Waals surface area contributed by atoms with Gasteiger partial charge in [0.25, 0.3) is 0 Å². The summed E-state index contributed by atoms with van der Waals surface area (Å²) in [7, 11) is 5.91. The molecule has 1 aromatic rings. The number of carbonyl (C=O) groups excluding carboxylic acids is 1. The molecule has 1 aromatic heterocycles. The minimum atomic E-state index is -0.838. The summed E-state index contributed by atoms with van der Waals surface area (Å²) in [6, 6.07) is 1.92. The molecule has 10 nitrogen and oxygen atoms in total. The van der Waals surface area contributed by atoms with Gasteiger partial charge in [0.1, 0.15) is 0 Å². The largest absolute Gasteiger partial charge is 0.377 e. The van der Waals surface area contributed by atoms with Crippen molar-refractivity contribution in [3.8, 4) is 0 Å². The predicted molar refractivity (Wildman–Crippen MR) is 128 cm³/mol. The van der Waals surface area contributed by atoms with Crippen LogP contribution in [0.3, 0.4) is 0 Å². The van der Waals surface area contributed by atoms with Crippen LogP contribution in [0.1, 0.15) is 12.8 Å². The highest BCUT2D eigenvalue weighted by molar-refractivity contribution is 6.21. The molecule has 0 saturated carbocycles. The van der Waals surface area contributed by atoms with Crippen molar-refractivity contribution in [2.45, 2.75) is 36.2 Å². The normalized spacial score (nSPS) is 24.6. The summed E-state index contributed by atoms with van der Waals surface area (Å²) in [5.74, 6) is -0.932. The molecule has 0 radical (unpaired) electrons. The summed E-state index contributed by atoms with van der Waals surface area (Å²) in [5, 5.41) is 9.40. The third-order valence-electron chi connectivity index (χ3n) is 6.30. The van der Waals surface area contributed by atoms with E-state index in [1.807, 2.05) is 6.07 Å². The Balaban J connectivity index is 1.70. The van der Waals surface area contributed by atoms with Gasteiger partial charge in [-0.1, -0.05) is 0 Å². The molecule has 0 bridgehead atoms. The molecule has 2 aliphatic heterocycles. The van der Waals surface area contributed by atoms with Crippen LogP contribution >= 0.6 is 11.6 Å². The SMILES string of the molecule is COC1(CN(C)C)CCN(c2ccncc2NC(=O)C(C(N)N)C2NCC(Cl)CN2)CC1. The van der Waals surface area contributed by atoms with E-state index in [4.69, 9.17) is 27.8 Å². The van der Waals surface area contributed by atoms with Crippen LogP contribution in [-0.2, 0) is 9.53 Å². The van der Waals surface area contributed by atoms with Crippen LogP contribution in [0.2, 0.25) is 0 Å². The Hall–Kier alpha value is -1.53. The fraction of sp³-hybridized carbons (Fsp3) is 0.714. The molecule has 2 aliphatic rings. The topological polar surface area (TPSA) is 134 Å². The van der Waals surface area contributed by atoms with Crippen LogP contribution in [0, 0.1) is 5.92 Å². The lowest BCUT2D eigenvalue weighted by atomic mass is 9.90. The van der Waals surface area contributed by atoms with Gasteiger partial charge >= 0.3 is 0 Å². The Morgan fingerprint density at radius 1 is 1.38 bits per heavy atom. The van der Waals surface area contributed by atoms with E-state index in [0.29, 0.717) is 18.8 Å². The van der Waals surface area contributed by atoms with E-state index in [1.165, 1.54) is 0 Å². The van der Waals surface area contributed by atoms with Gasteiger partial charge in [0, 0.05) is 46.0 Å². The molecule has 1 unspecified atom stereocenters. The van der Waals surface area contributed by atoms with E-state index in [0.717, 1.165) is 38.2 Å². The van der Waals surface area contributed by atoms with Gasteiger partial charge < -0.3 is 31.3 Å². The maximum atomic E-state index is 13.2. The van der Waals surface area contributed by atoms with Crippen molar-refractivity contribution < 1.29 is 9.53 Å². The molecule has 180 valence electrons. The van der Waals surface area contributed by atoms with E-state index in [9.17, 15) is 4.79 Å². The Kier molecular flexibility index (Phi) is 8.68. The van der Waals surface area contributed by atoms with Crippen LogP contribution in [0.5, 0.6) is 0 Å². The first-order valence-electron chi connectivity index (χ1n) is 11.1. The van der Waals surface area contributed by atoms with Gasteiger partial charge in [0.2, 0.25) is 5.91 Å². The van der Waals surface area contributed by atoms with Crippen LogP contribution in [0.4, 0.5) is 11.4 Å². The second-order valence-electron chi connectivity index (χ2n) is 8.99. The number of amides is 1. The molecule has 0 spiro atoms. The molecule has 0 aliphatic carbocycles. The number of rotatable bonds is 8. The highest BCUT2D eigenvalue weighted by Crippen LogP contribution is 2.33. The third kappa shape index (κ3) is 6.07. The first-order valence-corrected chi connectivity index (χ1v) is 11.5. The first-order chi connectivity index (χ1) is 15.2. The number of pyridine rings is 1. The number of halogens is 1. The Bertz CT molecular complexity index is 749. The fourth-order valence-corrected chi connectivity index (χ4v) is 4.77. The van der Waals surface area contributed by atoms with Gasteiger partial charge in [-0.25, -0.2) is 0 Å². The molecule has 2 fully saturated rings. The van der Waals surface area contributed by atoms with Crippen LogP contribution in [0.15, 0.2) is 18.5 Å². The highest BCUT2D eigenvalue weighted by atomic mass is 35.5. The summed E-state index contributed by atoms with van der Waals surface area (Å²) in [6.45, 7) is 3.66. The summed E-state index contributed by atoms with van der Waals surface area (Å²) < 4.78 is 5.90. The standard InChI is InChI=1S/C21H37ClN8O2/c1-29(2)13-21(32-3)5-8-30(9-6-21)16-4-7-25-12-15(16)28-20(31)17(18(23)24)19-26-10-14(22)11-27-19/h4,7,12,14,17-19,26-27H,5-6,8-11,13,23-24H2,1-3H3,(H,28,31). The molecule has 3 heterocycles. The Labute approximate surface area is 195 Å². The minimum absolute atomic E-state index is 0.0419. The first kappa shape index (κ1) is 25.1. The molecule has 2 saturated heterocycles. The summed E-state index contributed by atoms with van der Waals surface area (Å²) in [5.41, 5.74) is 13.4. The number of nitrogens with two attached hydrogens (primary N) is 2. The number of anilines is 2. The van der Waals surface area contributed by atoms with Gasteiger partial charge in [0.15, 0.2) is 0 Å². The van der Waals surface area contributed by atoms with Gasteiger partial charge in [-0.15, -0.1) is 11.6 Å². The molecule has 32 heavy (non-hydrogen) atoms. The van der Waals surface area contributed by atoms with Crippen LogP contribution in [-0.4, -0.2) is 93.0 Å². The number of nitrogens with one attached hydrogen (secondary N) is 3. The lowest BCUT2D eigenvalue weighted by Crippen LogP contribution is -2.64. The van der Waals surface area contributed by atoms with Gasteiger partial charge in [-0.3, -0.25) is 20.4 Å². The van der Waals surface area contributed by atoms with Gasteiger partial charge in [-0.05, 0) is 33.0 Å². The minimum Gasteiger partial charge on any atom is -0.377 e. The highest BCUT2D eigenvalue weighted by Gasteiger charge is 2.37. The number of alkyl halides is 1. The molecule has 11 heteroatoms. The van der Waals surface area contributed by atoms with E-state index in [-0.39, 0.29) is 23.1 Å². The number of ether oxygens (including phenoxy) is 1. The van der Waals surface area contributed by atoms with E-state index < -0.39 is 12.1 Å². The molecule has 7 N–H and O–H groups in total. The summed E-state index contributed by atoms with van der Waals surface area (Å²) in [4.78, 5) is 21.8. The summed E-state index contributed by atoms with van der Waals surface area (Å²) in [6.07, 6.45) is 4.00. The van der Waals surface area contributed by atoms with Crippen LogP contribution in [0.25, 0.3) is 0 Å². The number of piperidine rings is 1. The maximum Gasteiger partial charge on any atom is 0.233 e. The lowest BCUT2D eigenvalue weighted by Gasteiger charge is -2.43. The number of nitrogens with zero attached hydrogens (tertiary/aromatic N) is 3. The number of aromatic nitrogens is 1. The van der Waals surface area contributed by atoms with Crippen molar-refractivity contribution in [1.29, 1.82) is 0 Å². The lowest BCUT2D eigenvalue weighted by molar-refractivity contribution is -0.121. The van der Waals surface area contributed by atoms with Crippen molar-refractivity contribution in [3.05, 3.63) is 18.5 Å². The molecule has 3 rings (SSSR count). The van der Waals surface area contributed by atoms with Gasteiger partial charge in [0.05, 0.1) is 46.8 Å². The number of methoxy groups -OCH3 is 1. The molecule has 0 aromatic carbocycles. The predicted octanol–water partition coefficient (Wildman–Crippen LogP) is -0.447. The average molecular weight is 469 g/mol. The molecular formula is C21H37ClN8O2. The second kappa shape index (κ2) is 11.1. The van der Waals surface area contributed by atoms with Crippen molar-refractivity contribution in [2.24, 2.45) is 17.4 Å². The Morgan fingerprint density at radius 3 is 2.59 bits per heavy atom. The zero-order chi connectivity index (χ0) is 23.3. The molecular weight excluding hydrogens is 432 g/mol. The fourth-order valence-electron chi connectivity index (χ4n) is 4.59. The van der Waals surface area contributed by atoms with Crippen molar-refractivity contribution >= 4 is 28.9 Å². The van der Waals surface area contributed by atoms with Crippen molar-refractivity contribution in [3.63, 3.8) is 0 Å². The number of carbonyl (C=O) groups is 1. The Morgan fingerprint density at radius 2 is 2.03 bits per heavy atom. The second-order valence-corrected chi connectivity index (χ2v) is 9.61. The maximum absolute atomic E-state index is 13.2. The zero-order valence-corrected chi connectivity index (χ0v) is 19.9. The van der Waals surface area contributed by atoms with E-state index in [2.05, 4.69) is 44.8 Å². The molecule has 1 amide bonds. The number of hydrogen-bond donors (Lipinski definition) is 5. The zero-order valence-electron chi connectivity index (χ0n) is 19.2. The van der Waals surface area contributed by atoms with Crippen molar-refractivity contribution in [1.82, 2.24) is 20.5 Å². The van der Waals surface area contributed by atoms with Crippen molar-refractivity contribution in [2.75, 3.05) is 64.1 Å². The van der Waals surface area contributed by atoms with E-state index in [1.54, 1.807) is 19.5 Å². The number of hydrogen-bond acceptors (Lipinski definition) is 9. The monoisotopic (exact) mass is 468 g/mol. The average Bonchev–Trinajstić information content (AvgIpc) is 2.75. The van der Waals surface area contributed by atoms with E-state index >= 15 is 0 Å². The van der Waals surface area contributed by atoms with Crippen LogP contribution < -0.4 is 32.3 Å². The smallest absolute Gasteiger partial charge is 0.233 e. The summed E-state index contributed by atoms with van der Waals surface area (Å²) >= 11 is 6.13. The molecule has 1 atom stereocenters. The third-order valence-corrected chi connectivity index (χ3v) is 6.61. The number of likely N-dealkylation sites (N-methyl/N-ethyl adjacent to an activating group) is 1. The van der Waals surface area contributed by atoms with Gasteiger partial charge in [-0.2, -0.15) is 0 Å². The quantitative estimate of drug-likeness (QED) is 0.254.